The van der Waals surface area contributed by atoms with Crippen molar-refractivity contribution in [3.05, 3.63) is 70.2 Å². The molecule has 1 heterocycles. The minimum Gasteiger partial charge on any atom is -0.307 e. The Bertz CT molecular complexity index is 579. The molecule has 2 heteroatoms. The topological polar surface area (TPSA) is 12.0 Å². The van der Waals surface area contributed by atoms with Gasteiger partial charge in [0.25, 0.3) is 0 Å². The van der Waals surface area contributed by atoms with Crippen LogP contribution in [0.1, 0.15) is 36.1 Å². The van der Waals surface area contributed by atoms with E-state index >= 15 is 0 Å². The van der Waals surface area contributed by atoms with Crippen molar-refractivity contribution >= 4 is 11.6 Å². The highest BCUT2D eigenvalue weighted by atomic mass is 35.5. The Hall–Kier alpha value is -1.31. The van der Waals surface area contributed by atoms with Gasteiger partial charge in [-0.2, -0.15) is 0 Å². The predicted molar refractivity (Wildman–Crippen MR) is 85.3 cm³/mol. The van der Waals surface area contributed by atoms with E-state index in [9.17, 15) is 0 Å². The zero-order valence-electron chi connectivity index (χ0n) is 11.8. The molecule has 0 amide bonds. The van der Waals surface area contributed by atoms with Gasteiger partial charge >= 0.3 is 0 Å². The highest BCUT2D eigenvalue weighted by Crippen LogP contribution is 2.30. The molecule has 1 aliphatic heterocycles. The van der Waals surface area contributed by atoms with Gasteiger partial charge in [0, 0.05) is 17.1 Å². The highest BCUT2D eigenvalue weighted by Gasteiger charge is 2.23. The summed E-state index contributed by atoms with van der Waals surface area (Å²) in [5.41, 5.74) is 4.22. The Morgan fingerprint density at radius 1 is 1.15 bits per heavy atom. The lowest BCUT2D eigenvalue weighted by Crippen LogP contribution is -2.37. The summed E-state index contributed by atoms with van der Waals surface area (Å²) in [6.07, 6.45) is 3.30. The first-order chi connectivity index (χ1) is 9.72. The van der Waals surface area contributed by atoms with Crippen molar-refractivity contribution in [2.75, 3.05) is 0 Å². The van der Waals surface area contributed by atoms with E-state index in [2.05, 4.69) is 54.7 Å². The number of hydrogen-bond acceptors (Lipinski definition) is 1. The molecule has 0 radical (unpaired) electrons. The third-order valence-corrected chi connectivity index (χ3v) is 4.29. The van der Waals surface area contributed by atoms with Gasteiger partial charge in [-0.15, -0.1) is 0 Å². The Morgan fingerprint density at radius 3 is 2.75 bits per heavy atom. The fourth-order valence-electron chi connectivity index (χ4n) is 3.09. The second-order valence-corrected chi connectivity index (χ2v) is 6.13. The molecule has 2 aromatic rings. The molecule has 104 valence electrons. The van der Waals surface area contributed by atoms with E-state index in [1.807, 2.05) is 6.07 Å². The van der Waals surface area contributed by atoms with Crippen LogP contribution in [-0.4, -0.2) is 6.04 Å². The van der Waals surface area contributed by atoms with Gasteiger partial charge in [-0.25, -0.2) is 0 Å². The summed E-state index contributed by atoms with van der Waals surface area (Å²) in [4.78, 5) is 0. The van der Waals surface area contributed by atoms with Crippen LogP contribution >= 0.6 is 11.6 Å². The van der Waals surface area contributed by atoms with Crippen LogP contribution in [-0.2, 0) is 12.8 Å². The largest absolute Gasteiger partial charge is 0.307 e. The molecule has 0 saturated carbocycles. The monoisotopic (exact) mass is 285 g/mol. The highest BCUT2D eigenvalue weighted by molar-refractivity contribution is 6.30. The zero-order valence-corrected chi connectivity index (χ0v) is 12.5. The van der Waals surface area contributed by atoms with Crippen molar-refractivity contribution in [2.45, 2.75) is 38.3 Å². The van der Waals surface area contributed by atoms with E-state index in [1.165, 1.54) is 16.7 Å². The number of aryl methyl sites for hydroxylation is 1. The summed E-state index contributed by atoms with van der Waals surface area (Å²) in [5, 5.41) is 4.55. The minimum atomic E-state index is 0.410. The Morgan fingerprint density at radius 2 is 1.95 bits per heavy atom. The molecular weight excluding hydrogens is 266 g/mol. The SMILES string of the molecule is CC1Cc2ccc(Cl)cc2C(CCc2ccccc2)N1. The average molecular weight is 286 g/mol. The number of hydrogen-bond donors (Lipinski definition) is 1. The molecule has 2 unspecified atom stereocenters. The van der Waals surface area contributed by atoms with Crippen LogP contribution in [0.3, 0.4) is 0 Å². The first-order valence-corrected chi connectivity index (χ1v) is 7.68. The fraction of sp³-hybridized carbons (Fsp3) is 0.333. The molecule has 0 fully saturated rings. The molecule has 2 aromatic carbocycles. The molecule has 0 aromatic heterocycles. The van der Waals surface area contributed by atoms with Gasteiger partial charge in [0.15, 0.2) is 0 Å². The molecule has 1 aliphatic rings. The quantitative estimate of drug-likeness (QED) is 0.872. The van der Waals surface area contributed by atoms with E-state index in [-0.39, 0.29) is 0 Å². The van der Waals surface area contributed by atoms with Gasteiger partial charge < -0.3 is 5.32 Å². The predicted octanol–water partition coefficient (Wildman–Crippen LogP) is 4.55. The number of fused-ring (bicyclic) bond motifs is 1. The summed E-state index contributed by atoms with van der Waals surface area (Å²) >= 11 is 6.17. The van der Waals surface area contributed by atoms with Gasteiger partial charge in [0.1, 0.15) is 0 Å². The number of benzene rings is 2. The van der Waals surface area contributed by atoms with E-state index < -0.39 is 0 Å². The van der Waals surface area contributed by atoms with Gasteiger partial charge in [0.2, 0.25) is 0 Å². The Balaban J connectivity index is 1.78. The van der Waals surface area contributed by atoms with Crippen LogP contribution in [0.4, 0.5) is 0 Å². The van der Waals surface area contributed by atoms with Crippen LogP contribution in [0.2, 0.25) is 5.02 Å². The molecular formula is C18H20ClN. The summed E-state index contributed by atoms with van der Waals surface area (Å²) in [6.45, 7) is 2.26. The standard InChI is InChI=1S/C18H20ClN/c1-13-11-15-8-9-16(19)12-17(15)18(20-13)10-7-14-5-3-2-4-6-14/h2-6,8-9,12-13,18,20H,7,10-11H2,1H3. The molecule has 2 atom stereocenters. The van der Waals surface area contributed by atoms with Gasteiger partial charge in [-0.3, -0.25) is 0 Å². The second kappa shape index (κ2) is 5.99. The summed E-state index contributed by atoms with van der Waals surface area (Å²) in [7, 11) is 0. The van der Waals surface area contributed by atoms with E-state index in [4.69, 9.17) is 11.6 Å². The Kier molecular flexibility index (Phi) is 4.09. The van der Waals surface area contributed by atoms with Crippen LogP contribution in [0, 0.1) is 0 Å². The lowest BCUT2D eigenvalue weighted by molar-refractivity contribution is 0.404. The summed E-state index contributed by atoms with van der Waals surface area (Å²) in [5.74, 6) is 0. The summed E-state index contributed by atoms with van der Waals surface area (Å²) < 4.78 is 0. The first kappa shape index (κ1) is 13.7. The van der Waals surface area contributed by atoms with Crippen molar-refractivity contribution in [2.24, 2.45) is 0 Å². The molecule has 1 nitrogen and oxygen atoms in total. The molecule has 0 aliphatic carbocycles. The van der Waals surface area contributed by atoms with Crippen LogP contribution in [0.15, 0.2) is 48.5 Å². The maximum Gasteiger partial charge on any atom is 0.0409 e. The van der Waals surface area contributed by atoms with Gasteiger partial charge in [-0.1, -0.05) is 48.0 Å². The lowest BCUT2D eigenvalue weighted by atomic mass is 9.88. The zero-order chi connectivity index (χ0) is 13.9. The van der Waals surface area contributed by atoms with Gasteiger partial charge in [0.05, 0.1) is 0 Å². The molecule has 0 bridgehead atoms. The molecule has 0 saturated heterocycles. The third-order valence-electron chi connectivity index (χ3n) is 4.06. The van der Waals surface area contributed by atoms with Crippen LogP contribution in [0.25, 0.3) is 0 Å². The van der Waals surface area contributed by atoms with Crippen molar-refractivity contribution in [1.29, 1.82) is 0 Å². The molecule has 0 spiro atoms. The van der Waals surface area contributed by atoms with Crippen LogP contribution in [0.5, 0.6) is 0 Å². The van der Waals surface area contributed by atoms with E-state index in [1.54, 1.807) is 0 Å². The minimum absolute atomic E-state index is 0.410. The number of nitrogens with one attached hydrogen (secondary N) is 1. The molecule has 20 heavy (non-hydrogen) atoms. The fourth-order valence-corrected chi connectivity index (χ4v) is 3.27. The maximum absolute atomic E-state index is 6.17. The summed E-state index contributed by atoms with van der Waals surface area (Å²) in [6, 6.07) is 17.9. The maximum atomic E-state index is 6.17. The van der Waals surface area contributed by atoms with Crippen molar-refractivity contribution in [3.63, 3.8) is 0 Å². The molecule has 3 rings (SSSR count). The second-order valence-electron chi connectivity index (χ2n) is 5.69. The molecule has 1 N–H and O–H groups in total. The lowest BCUT2D eigenvalue weighted by Gasteiger charge is -2.32. The average Bonchev–Trinajstić information content (AvgIpc) is 2.46. The van der Waals surface area contributed by atoms with Crippen LogP contribution < -0.4 is 5.32 Å². The van der Waals surface area contributed by atoms with Crippen molar-refractivity contribution < 1.29 is 0 Å². The van der Waals surface area contributed by atoms with E-state index in [0.717, 1.165) is 24.3 Å². The normalized spacial score (nSPS) is 21.5. The van der Waals surface area contributed by atoms with Gasteiger partial charge in [-0.05, 0) is 55.0 Å². The van der Waals surface area contributed by atoms with Crippen molar-refractivity contribution in [3.8, 4) is 0 Å². The number of rotatable bonds is 3. The number of halogens is 1. The van der Waals surface area contributed by atoms with Crippen molar-refractivity contribution in [1.82, 2.24) is 5.32 Å². The first-order valence-electron chi connectivity index (χ1n) is 7.30. The van der Waals surface area contributed by atoms with E-state index in [0.29, 0.717) is 12.1 Å². The Labute approximate surface area is 126 Å². The smallest absolute Gasteiger partial charge is 0.0409 e. The third kappa shape index (κ3) is 3.05.